The molecule has 1 aliphatic rings. The van der Waals surface area contributed by atoms with E-state index in [-0.39, 0.29) is 5.91 Å². The van der Waals surface area contributed by atoms with Crippen LogP contribution in [0.3, 0.4) is 0 Å². The number of hydrogen-bond acceptors (Lipinski definition) is 4. The molecule has 0 aromatic carbocycles. The van der Waals surface area contributed by atoms with Crippen LogP contribution < -0.4 is 5.32 Å². The van der Waals surface area contributed by atoms with Crippen molar-refractivity contribution in [1.82, 2.24) is 14.8 Å². The van der Waals surface area contributed by atoms with E-state index in [1.54, 1.807) is 12.3 Å². The van der Waals surface area contributed by atoms with Crippen LogP contribution in [-0.2, 0) is 4.79 Å². The summed E-state index contributed by atoms with van der Waals surface area (Å²) in [4.78, 5) is 20.6. The molecule has 1 aromatic rings. The summed E-state index contributed by atoms with van der Waals surface area (Å²) in [6.07, 6.45) is 1.67. The van der Waals surface area contributed by atoms with Gasteiger partial charge in [0.25, 0.3) is 0 Å². The quantitative estimate of drug-likeness (QED) is 0.912. The Morgan fingerprint density at radius 2 is 2.32 bits per heavy atom. The molecule has 1 saturated heterocycles. The van der Waals surface area contributed by atoms with E-state index in [4.69, 9.17) is 0 Å². The minimum atomic E-state index is -0.00812. The Kier molecular flexibility index (Phi) is 4.90. The molecule has 0 saturated carbocycles. The van der Waals surface area contributed by atoms with E-state index in [9.17, 15) is 4.79 Å². The molecule has 0 aliphatic carbocycles. The number of nitrogens with zero attached hydrogens (tertiary/aromatic N) is 3. The van der Waals surface area contributed by atoms with Crippen LogP contribution in [0.15, 0.2) is 22.8 Å². The van der Waals surface area contributed by atoms with E-state index in [2.05, 4.69) is 50.0 Å². The van der Waals surface area contributed by atoms with Gasteiger partial charge in [-0.05, 0) is 42.0 Å². The average Bonchev–Trinajstić information content (AvgIpc) is 2.36. The van der Waals surface area contributed by atoms with Crippen LogP contribution in [0.2, 0.25) is 0 Å². The zero-order valence-electron chi connectivity index (χ0n) is 11.3. The number of carbonyl (C=O) groups excluding carboxylic acids is 1. The summed E-state index contributed by atoms with van der Waals surface area (Å²) in [6, 6.07) is 4.05. The van der Waals surface area contributed by atoms with E-state index in [1.165, 1.54) is 0 Å². The SMILES string of the molecule is C[C@H]1CN(C)CCN1CC(=O)Nc1ccc(Br)cn1. The van der Waals surface area contributed by atoms with Crippen molar-refractivity contribution in [2.24, 2.45) is 0 Å². The van der Waals surface area contributed by atoms with Crippen LogP contribution in [0.1, 0.15) is 6.92 Å². The standard InChI is InChI=1S/C13H19BrN4O/c1-10-8-17(2)5-6-18(10)9-13(19)16-12-4-3-11(14)7-15-12/h3-4,7,10H,5-6,8-9H2,1-2H3,(H,15,16,19)/t10-/m0/s1. The van der Waals surface area contributed by atoms with E-state index in [1.807, 2.05) is 6.07 Å². The number of likely N-dealkylation sites (N-methyl/N-ethyl adjacent to an activating group) is 1. The third kappa shape index (κ3) is 4.26. The van der Waals surface area contributed by atoms with Crippen LogP contribution >= 0.6 is 15.9 Å². The lowest BCUT2D eigenvalue weighted by molar-refractivity contribution is -0.118. The van der Waals surface area contributed by atoms with Crippen molar-refractivity contribution in [2.45, 2.75) is 13.0 Å². The predicted molar refractivity (Wildman–Crippen MR) is 79.1 cm³/mol. The van der Waals surface area contributed by atoms with Crippen molar-refractivity contribution in [3.63, 3.8) is 0 Å². The Balaban J connectivity index is 1.85. The molecule has 2 rings (SSSR count). The lowest BCUT2D eigenvalue weighted by atomic mass is 10.2. The van der Waals surface area contributed by atoms with E-state index < -0.39 is 0 Å². The third-order valence-electron chi connectivity index (χ3n) is 3.31. The molecule has 1 aliphatic heterocycles. The summed E-state index contributed by atoms with van der Waals surface area (Å²) in [6.45, 7) is 5.52. The van der Waals surface area contributed by atoms with Gasteiger partial charge >= 0.3 is 0 Å². The monoisotopic (exact) mass is 326 g/mol. The summed E-state index contributed by atoms with van der Waals surface area (Å²) < 4.78 is 0.901. The largest absolute Gasteiger partial charge is 0.310 e. The van der Waals surface area contributed by atoms with Crippen molar-refractivity contribution in [1.29, 1.82) is 0 Å². The molecule has 6 heteroatoms. The number of nitrogens with one attached hydrogen (secondary N) is 1. The molecule has 2 heterocycles. The molecule has 0 bridgehead atoms. The number of aromatic nitrogens is 1. The number of hydrogen-bond donors (Lipinski definition) is 1. The molecular formula is C13H19BrN4O. The summed E-state index contributed by atoms with van der Waals surface area (Å²) >= 11 is 3.32. The second kappa shape index (κ2) is 6.45. The highest BCUT2D eigenvalue weighted by molar-refractivity contribution is 9.10. The highest BCUT2D eigenvalue weighted by Crippen LogP contribution is 2.11. The van der Waals surface area contributed by atoms with Gasteiger partial charge in [-0.2, -0.15) is 0 Å². The van der Waals surface area contributed by atoms with Gasteiger partial charge in [-0.25, -0.2) is 4.98 Å². The third-order valence-corrected chi connectivity index (χ3v) is 3.78. The smallest absolute Gasteiger partial charge is 0.239 e. The second-order valence-corrected chi connectivity index (χ2v) is 5.91. The van der Waals surface area contributed by atoms with Crippen molar-refractivity contribution in [2.75, 3.05) is 38.5 Å². The molecule has 1 aromatic heterocycles. The maximum Gasteiger partial charge on any atom is 0.239 e. The highest BCUT2D eigenvalue weighted by Gasteiger charge is 2.23. The Hall–Kier alpha value is -0.980. The molecule has 0 spiro atoms. The zero-order chi connectivity index (χ0) is 13.8. The van der Waals surface area contributed by atoms with E-state index in [0.29, 0.717) is 18.4 Å². The van der Waals surface area contributed by atoms with Gasteiger partial charge in [-0.3, -0.25) is 9.69 Å². The Bertz CT molecular complexity index is 437. The van der Waals surface area contributed by atoms with Gasteiger partial charge in [0.1, 0.15) is 5.82 Å². The van der Waals surface area contributed by atoms with Crippen molar-refractivity contribution < 1.29 is 4.79 Å². The molecule has 1 amide bonds. The number of rotatable bonds is 3. The maximum absolute atomic E-state index is 12.0. The highest BCUT2D eigenvalue weighted by atomic mass is 79.9. The Morgan fingerprint density at radius 3 is 2.95 bits per heavy atom. The lowest BCUT2D eigenvalue weighted by Crippen LogP contribution is -2.52. The molecule has 1 fully saturated rings. The average molecular weight is 327 g/mol. The van der Waals surface area contributed by atoms with E-state index >= 15 is 0 Å². The first-order chi connectivity index (χ1) is 9.04. The summed E-state index contributed by atoms with van der Waals surface area (Å²) in [7, 11) is 2.11. The number of pyridine rings is 1. The van der Waals surface area contributed by atoms with Gasteiger partial charge in [0, 0.05) is 36.3 Å². The molecule has 19 heavy (non-hydrogen) atoms. The van der Waals surface area contributed by atoms with E-state index in [0.717, 1.165) is 24.1 Å². The molecule has 104 valence electrons. The van der Waals surface area contributed by atoms with Crippen molar-refractivity contribution >= 4 is 27.7 Å². The summed E-state index contributed by atoms with van der Waals surface area (Å²) in [5.74, 6) is 0.584. The summed E-state index contributed by atoms with van der Waals surface area (Å²) in [5.41, 5.74) is 0. The fraction of sp³-hybridized carbons (Fsp3) is 0.538. The fourth-order valence-corrected chi connectivity index (χ4v) is 2.46. The normalized spacial score (nSPS) is 21.3. The van der Waals surface area contributed by atoms with Crippen LogP contribution in [0, 0.1) is 0 Å². The molecule has 0 radical (unpaired) electrons. The Morgan fingerprint density at radius 1 is 1.53 bits per heavy atom. The lowest BCUT2D eigenvalue weighted by Gasteiger charge is -2.37. The first kappa shape index (κ1) is 14.4. The maximum atomic E-state index is 12.0. The van der Waals surface area contributed by atoms with Gasteiger partial charge in [0.15, 0.2) is 0 Å². The van der Waals surface area contributed by atoms with Crippen LogP contribution in [0.5, 0.6) is 0 Å². The fourth-order valence-electron chi connectivity index (χ4n) is 2.23. The minimum absolute atomic E-state index is 0.00812. The van der Waals surface area contributed by atoms with Gasteiger partial charge in [-0.15, -0.1) is 0 Å². The number of halogens is 1. The van der Waals surface area contributed by atoms with Crippen molar-refractivity contribution in [3.05, 3.63) is 22.8 Å². The first-order valence-electron chi connectivity index (χ1n) is 6.38. The molecule has 1 atom stereocenters. The predicted octanol–water partition coefficient (Wildman–Crippen LogP) is 1.42. The first-order valence-corrected chi connectivity index (χ1v) is 7.18. The van der Waals surface area contributed by atoms with Gasteiger partial charge in [-0.1, -0.05) is 0 Å². The van der Waals surface area contributed by atoms with Crippen LogP contribution in [0.4, 0.5) is 5.82 Å². The van der Waals surface area contributed by atoms with Crippen LogP contribution in [-0.4, -0.2) is 60.0 Å². The second-order valence-electron chi connectivity index (χ2n) is 4.99. The molecule has 5 nitrogen and oxygen atoms in total. The topological polar surface area (TPSA) is 48.5 Å². The molecule has 0 unspecified atom stereocenters. The molecule has 1 N–H and O–H groups in total. The van der Waals surface area contributed by atoms with Gasteiger partial charge in [0.05, 0.1) is 6.54 Å². The minimum Gasteiger partial charge on any atom is -0.310 e. The molecular weight excluding hydrogens is 308 g/mol. The zero-order valence-corrected chi connectivity index (χ0v) is 12.9. The number of anilines is 1. The Labute approximate surface area is 122 Å². The summed E-state index contributed by atoms with van der Waals surface area (Å²) in [5, 5.41) is 2.82. The number of piperazine rings is 1. The van der Waals surface area contributed by atoms with Gasteiger partial charge in [0.2, 0.25) is 5.91 Å². The number of amides is 1. The van der Waals surface area contributed by atoms with Gasteiger partial charge < -0.3 is 10.2 Å². The number of carbonyl (C=O) groups is 1. The van der Waals surface area contributed by atoms with Crippen molar-refractivity contribution in [3.8, 4) is 0 Å². The van der Waals surface area contributed by atoms with Crippen LogP contribution in [0.25, 0.3) is 0 Å².